The van der Waals surface area contributed by atoms with Crippen molar-refractivity contribution >= 4 is 11.9 Å². The molecule has 16 heavy (non-hydrogen) atoms. The highest BCUT2D eigenvalue weighted by Gasteiger charge is 2.21. The zero-order valence-corrected chi connectivity index (χ0v) is 9.90. The maximum absolute atomic E-state index is 11.6. The minimum atomic E-state index is -0.926. The third-order valence-corrected chi connectivity index (χ3v) is 2.20. The van der Waals surface area contributed by atoms with E-state index in [0.29, 0.717) is 0 Å². The first-order valence-corrected chi connectivity index (χ1v) is 5.18. The molecule has 0 heterocycles. The molecule has 92 valence electrons. The minimum Gasteiger partial charge on any atom is -0.481 e. The normalized spacial score (nSPS) is 14.7. The van der Waals surface area contributed by atoms with Gasteiger partial charge in [0.1, 0.15) is 0 Å². The Hall–Kier alpha value is -1.36. The number of amides is 1. The van der Waals surface area contributed by atoms with Crippen LogP contribution in [-0.2, 0) is 14.3 Å². The SMILES string of the molecule is C/C=C\C(OC)C(C)C(=O)NCCC(=O)O. The molecule has 0 spiro atoms. The highest BCUT2D eigenvalue weighted by molar-refractivity contribution is 5.79. The van der Waals surface area contributed by atoms with Crippen molar-refractivity contribution in [3.05, 3.63) is 12.2 Å². The van der Waals surface area contributed by atoms with Crippen molar-refractivity contribution in [3.8, 4) is 0 Å². The molecular weight excluding hydrogens is 210 g/mol. The number of nitrogens with one attached hydrogen (secondary N) is 1. The van der Waals surface area contributed by atoms with Gasteiger partial charge < -0.3 is 15.2 Å². The van der Waals surface area contributed by atoms with E-state index in [-0.39, 0.29) is 30.9 Å². The van der Waals surface area contributed by atoms with Crippen LogP contribution in [0.1, 0.15) is 20.3 Å². The number of carboxylic acid groups (broad SMARTS) is 1. The van der Waals surface area contributed by atoms with E-state index >= 15 is 0 Å². The van der Waals surface area contributed by atoms with Gasteiger partial charge in [-0.3, -0.25) is 9.59 Å². The number of carbonyl (C=O) groups excluding carboxylic acids is 1. The molecule has 2 unspecified atom stereocenters. The van der Waals surface area contributed by atoms with Gasteiger partial charge in [-0.05, 0) is 6.92 Å². The average molecular weight is 229 g/mol. The van der Waals surface area contributed by atoms with E-state index in [9.17, 15) is 9.59 Å². The standard InChI is InChI=1S/C11H19NO4/c1-4-5-9(16-3)8(2)11(15)12-7-6-10(13)14/h4-5,8-9H,6-7H2,1-3H3,(H,12,15)(H,13,14)/b5-4-. The highest BCUT2D eigenvalue weighted by atomic mass is 16.5. The maximum atomic E-state index is 11.6. The summed E-state index contributed by atoms with van der Waals surface area (Å²) in [6.07, 6.45) is 3.26. The number of hydrogen-bond acceptors (Lipinski definition) is 3. The van der Waals surface area contributed by atoms with Crippen molar-refractivity contribution in [1.29, 1.82) is 0 Å². The largest absolute Gasteiger partial charge is 0.481 e. The number of rotatable bonds is 7. The lowest BCUT2D eigenvalue weighted by molar-refractivity contribution is -0.137. The highest BCUT2D eigenvalue weighted by Crippen LogP contribution is 2.08. The van der Waals surface area contributed by atoms with Gasteiger partial charge in [0.25, 0.3) is 0 Å². The smallest absolute Gasteiger partial charge is 0.305 e. The van der Waals surface area contributed by atoms with Gasteiger partial charge in [-0.2, -0.15) is 0 Å². The third-order valence-electron chi connectivity index (χ3n) is 2.20. The Bertz CT molecular complexity index is 263. The van der Waals surface area contributed by atoms with Gasteiger partial charge in [0, 0.05) is 13.7 Å². The summed E-state index contributed by atoms with van der Waals surface area (Å²) in [7, 11) is 1.53. The lowest BCUT2D eigenvalue weighted by atomic mass is 10.0. The van der Waals surface area contributed by atoms with Crippen LogP contribution in [0.25, 0.3) is 0 Å². The second kappa shape index (κ2) is 7.87. The quantitative estimate of drug-likeness (QED) is 0.633. The van der Waals surface area contributed by atoms with Crippen molar-refractivity contribution in [2.75, 3.05) is 13.7 Å². The first-order valence-electron chi connectivity index (χ1n) is 5.18. The van der Waals surface area contributed by atoms with Crippen LogP contribution in [0.15, 0.2) is 12.2 Å². The Morgan fingerprint density at radius 2 is 2.12 bits per heavy atom. The topological polar surface area (TPSA) is 75.6 Å². The molecule has 0 bridgehead atoms. The molecule has 0 radical (unpaired) electrons. The van der Waals surface area contributed by atoms with E-state index in [1.807, 2.05) is 13.0 Å². The average Bonchev–Trinajstić information content (AvgIpc) is 2.24. The molecule has 1 amide bonds. The molecule has 0 rings (SSSR count). The Morgan fingerprint density at radius 3 is 2.56 bits per heavy atom. The van der Waals surface area contributed by atoms with Crippen molar-refractivity contribution in [1.82, 2.24) is 5.32 Å². The predicted octanol–water partition coefficient (Wildman–Crippen LogP) is 0.804. The molecule has 5 nitrogen and oxygen atoms in total. The molecule has 0 aromatic heterocycles. The first-order chi connectivity index (χ1) is 7.52. The summed E-state index contributed by atoms with van der Waals surface area (Å²) in [5.74, 6) is -1.47. The van der Waals surface area contributed by atoms with Crippen LogP contribution in [0.3, 0.4) is 0 Å². The molecule has 0 aliphatic rings. The zero-order valence-electron chi connectivity index (χ0n) is 9.90. The summed E-state index contributed by atoms with van der Waals surface area (Å²) in [5.41, 5.74) is 0. The summed E-state index contributed by atoms with van der Waals surface area (Å²) in [6.45, 7) is 3.73. The maximum Gasteiger partial charge on any atom is 0.305 e. The van der Waals surface area contributed by atoms with Crippen LogP contribution < -0.4 is 5.32 Å². The van der Waals surface area contributed by atoms with Gasteiger partial charge in [-0.15, -0.1) is 0 Å². The molecule has 0 aromatic carbocycles. The Morgan fingerprint density at radius 1 is 1.50 bits per heavy atom. The van der Waals surface area contributed by atoms with Crippen LogP contribution >= 0.6 is 0 Å². The number of carbonyl (C=O) groups is 2. The van der Waals surface area contributed by atoms with Crippen molar-refractivity contribution < 1.29 is 19.4 Å². The van der Waals surface area contributed by atoms with Gasteiger partial charge in [0.05, 0.1) is 18.4 Å². The molecule has 0 saturated heterocycles. The van der Waals surface area contributed by atoms with E-state index < -0.39 is 5.97 Å². The summed E-state index contributed by atoms with van der Waals surface area (Å²) in [4.78, 5) is 21.8. The van der Waals surface area contributed by atoms with Crippen molar-refractivity contribution in [2.24, 2.45) is 5.92 Å². The number of carboxylic acids is 1. The summed E-state index contributed by atoms with van der Waals surface area (Å²) in [6, 6.07) is 0. The minimum absolute atomic E-state index is 0.0697. The summed E-state index contributed by atoms with van der Waals surface area (Å²) < 4.78 is 5.14. The number of hydrogen-bond donors (Lipinski definition) is 2. The first kappa shape index (κ1) is 14.6. The van der Waals surface area contributed by atoms with Crippen molar-refractivity contribution in [3.63, 3.8) is 0 Å². The number of aliphatic carboxylic acids is 1. The molecule has 0 aliphatic carbocycles. The van der Waals surface area contributed by atoms with E-state index in [2.05, 4.69) is 5.32 Å². The fraction of sp³-hybridized carbons (Fsp3) is 0.636. The second-order valence-electron chi connectivity index (χ2n) is 3.45. The number of allylic oxidation sites excluding steroid dienone is 1. The van der Waals surface area contributed by atoms with E-state index in [4.69, 9.17) is 9.84 Å². The van der Waals surface area contributed by atoms with Gasteiger partial charge in [0.15, 0.2) is 0 Å². The molecule has 0 fully saturated rings. The molecule has 5 heteroatoms. The Labute approximate surface area is 95.5 Å². The molecular formula is C11H19NO4. The van der Waals surface area contributed by atoms with Crippen LogP contribution in [0.4, 0.5) is 0 Å². The summed E-state index contributed by atoms with van der Waals surface area (Å²) >= 11 is 0. The van der Waals surface area contributed by atoms with Gasteiger partial charge in [-0.25, -0.2) is 0 Å². The lowest BCUT2D eigenvalue weighted by Gasteiger charge is -2.18. The monoisotopic (exact) mass is 229 g/mol. The third kappa shape index (κ3) is 5.50. The van der Waals surface area contributed by atoms with E-state index in [0.717, 1.165) is 0 Å². The molecule has 2 atom stereocenters. The van der Waals surface area contributed by atoms with Gasteiger partial charge in [-0.1, -0.05) is 19.1 Å². The zero-order chi connectivity index (χ0) is 12.6. The van der Waals surface area contributed by atoms with Crippen LogP contribution in [0, 0.1) is 5.92 Å². The Balaban J connectivity index is 4.10. The Kier molecular flexibility index (Phi) is 7.20. The van der Waals surface area contributed by atoms with Crippen LogP contribution in [0.2, 0.25) is 0 Å². The lowest BCUT2D eigenvalue weighted by Crippen LogP contribution is -2.36. The van der Waals surface area contributed by atoms with Gasteiger partial charge >= 0.3 is 5.97 Å². The fourth-order valence-corrected chi connectivity index (χ4v) is 1.24. The predicted molar refractivity (Wildman–Crippen MR) is 60.0 cm³/mol. The second-order valence-corrected chi connectivity index (χ2v) is 3.45. The van der Waals surface area contributed by atoms with E-state index in [1.54, 1.807) is 13.0 Å². The van der Waals surface area contributed by atoms with Crippen molar-refractivity contribution in [2.45, 2.75) is 26.4 Å². The molecule has 0 saturated carbocycles. The van der Waals surface area contributed by atoms with Gasteiger partial charge in [0.2, 0.25) is 5.91 Å². The summed E-state index contributed by atoms with van der Waals surface area (Å²) in [5, 5.41) is 11.0. The molecule has 0 aromatic rings. The van der Waals surface area contributed by atoms with Crippen LogP contribution in [0.5, 0.6) is 0 Å². The van der Waals surface area contributed by atoms with Crippen LogP contribution in [-0.4, -0.2) is 36.7 Å². The number of ether oxygens (including phenoxy) is 1. The van der Waals surface area contributed by atoms with E-state index in [1.165, 1.54) is 7.11 Å². The number of methoxy groups -OCH3 is 1. The molecule has 0 aliphatic heterocycles. The fourth-order valence-electron chi connectivity index (χ4n) is 1.24. The molecule has 2 N–H and O–H groups in total.